The van der Waals surface area contributed by atoms with Gasteiger partial charge in [-0.1, -0.05) is 36.4 Å². The molecule has 2 aromatic rings. The van der Waals surface area contributed by atoms with Crippen molar-refractivity contribution in [3.05, 3.63) is 71.0 Å². The van der Waals surface area contributed by atoms with Gasteiger partial charge < -0.3 is 35.0 Å². The predicted molar refractivity (Wildman–Crippen MR) is 132 cm³/mol. The average molecular weight is 507 g/mol. The Labute approximate surface area is 214 Å². The first kappa shape index (κ1) is 24.0. The number of phenolic OH excluding ortho intramolecular Hbond substituents is 1. The molecule has 0 aromatic heterocycles. The molecule has 2 bridgehead atoms. The molecule has 2 heterocycles. The maximum Gasteiger partial charge on any atom is 0.312 e. The zero-order valence-electron chi connectivity index (χ0n) is 20.5. The van der Waals surface area contributed by atoms with Gasteiger partial charge in [0.25, 0.3) is 5.91 Å². The number of hydrogen-bond donors (Lipinski definition) is 4. The van der Waals surface area contributed by atoms with Crippen molar-refractivity contribution in [1.82, 2.24) is 10.2 Å². The first-order valence-electron chi connectivity index (χ1n) is 12.6. The number of nitrogens with one attached hydrogen (secondary N) is 1. The van der Waals surface area contributed by atoms with Gasteiger partial charge in [-0.25, -0.2) is 0 Å². The summed E-state index contributed by atoms with van der Waals surface area (Å²) >= 11 is 0. The van der Waals surface area contributed by atoms with Crippen LogP contribution < -0.4 is 10.1 Å². The summed E-state index contributed by atoms with van der Waals surface area (Å²) in [7, 11) is 2.01. The van der Waals surface area contributed by atoms with E-state index in [2.05, 4.69) is 10.2 Å². The number of ether oxygens (including phenoxy) is 2. The van der Waals surface area contributed by atoms with Crippen LogP contribution in [0.15, 0.2) is 54.3 Å². The number of esters is 1. The summed E-state index contributed by atoms with van der Waals surface area (Å²) in [6.07, 6.45) is 1.06. The second kappa shape index (κ2) is 8.58. The Morgan fingerprint density at radius 3 is 2.81 bits per heavy atom. The quantitative estimate of drug-likeness (QED) is 0.434. The summed E-state index contributed by atoms with van der Waals surface area (Å²) in [6.45, 7) is 0.728. The molecule has 6 rings (SSSR count). The zero-order valence-corrected chi connectivity index (χ0v) is 20.5. The third-order valence-electron chi connectivity index (χ3n) is 8.58. The van der Waals surface area contributed by atoms with Crippen LogP contribution in [-0.2, 0) is 26.2 Å². The molecule has 0 saturated carbocycles. The summed E-state index contributed by atoms with van der Waals surface area (Å²) < 4.78 is 12.0. The number of likely N-dealkylation sites (tertiary alicyclic amines) is 1. The Kier molecular flexibility index (Phi) is 5.56. The molecule has 9 nitrogen and oxygen atoms in total. The summed E-state index contributed by atoms with van der Waals surface area (Å²) in [5.41, 5.74) is 0.362. The number of aromatic hydroxyl groups is 1. The van der Waals surface area contributed by atoms with Gasteiger partial charge in [0, 0.05) is 24.6 Å². The fourth-order valence-corrected chi connectivity index (χ4v) is 6.79. The van der Waals surface area contributed by atoms with Crippen molar-refractivity contribution in [1.29, 1.82) is 0 Å². The van der Waals surface area contributed by atoms with Crippen molar-refractivity contribution in [3.63, 3.8) is 0 Å². The van der Waals surface area contributed by atoms with E-state index in [0.29, 0.717) is 36.3 Å². The SMILES string of the molecule is CN1CCC23c4c5ccc(O)c4OC2C(OC(=O)CCNC(=O)C(O)c2ccccc2)=CC[C@@]3(O)[C@H]1C5. The lowest BCUT2D eigenvalue weighted by molar-refractivity contribution is -0.169. The number of nitrogens with zero attached hydrogens (tertiary/aromatic N) is 1. The van der Waals surface area contributed by atoms with Crippen molar-refractivity contribution in [2.24, 2.45) is 0 Å². The fraction of sp³-hybridized carbons (Fsp3) is 0.429. The third-order valence-corrected chi connectivity index (χ3v) is 8.58. The molecule has 2 aliphatic heterocycles. The zero-order chi connectivity index (χ0) is 25.9. The summed E-state index contributed by atoms with van der Waals surface area (Å²) in [5.74, 6) is -0.483. The molecule has 1 fully saturated rings. The standard InChI is InChI=1S/C28H30N2O7/c1-30-14-12-27-22-17-7-8-18(31)24(22)37-25(27)19(9-11-28(27,35)20(30)15-17)36-21(32)10-13-29-26(34)23(33)16-5-3-2-4-6-16/h2-9,20,23,25,31,33,35H,10-15H2,1H3,(H,29,34)/t20-,23?,25?,27?,28-/m1/s1. The van der Waals surface area contributed by atoms with E-state index in [-0.39, 0.29) is 24.8 Å². The van der Waals surface area contributed by atoms with Gasteiger partial charge in [0.15, 0.2) is 23.7 Å². The Morgan fingerprint density at radius 2 is 2.03 bits per heavy atom. The Bertz CT molecular complexity index is 1290. The Morgan fingerprint density at radius 1 is 1.24 bits per heavy atom. The van der Waals surface area contributed by atoms with Crippen LogP contribution in [0.2, 0.25) is 0 Å². The highest BCUT2D eigenvalue weighted by molar-refractivity contribution is 5.82. The highest BCUT2D eigenvalue weighted by Gasteiger charge is 2.72. The van der Waals surface area contributed by atoms with Crippen molar-refractivity contribution in [2.45, 2.75) is 54.9 Å². The number of piperidine rings is 1. The normalized spacial score (nSPS) is 30.0. The molecule has 1 spiro atoms. The van der Waals surface area contributed by atoms with Crippen molar-refractivity contribution >= 4 is 11.9 Å². The second-order valence-electron chi connectivity index (χ2n) is 10.4. The molecule has 194 valence electrons. The van der Waals surface area contributed by atoms with Crippen molar-refractivity contribution in [2.75, 3.05) is 20.1 Å². The van der Waals surface area contributed by atoms with Crippen LogP contribution >= 0.6 is 0 Å². The van der Waals surface area contributed by atoms with Crippen molar-refractivity contribution < 1.29 is 34.4 Å². The summed E-state index contributed by atoms with van der Waals surface area (Å²) in [4.78, 5) is 27.2. The average Bonchev–Trinajstić information content (AvgIpc) is 3.25. The monoisotopic (exact) mass is 506 g/mol. The molecule has 0 radical (unpaired) electrons. The largest absolute Gasteiger partial charge is 0.504 e. The van der Waals surface area contributed by atoms with Crippen LogP contribution in [0.1, 0.15) is 42.1 Å². The number of carbonyl (C=O) groups excluding carboxylic acids is 2. The number of amides is 1. The number of hydrogen-bond acceptors (Lipinski definition) is 8. The smallest absolute Gasteiger partial charge is 0.312 e. The minimum atomic E-state index is -1.33. The molecule has 37 heavy (non-hydrogen) atoms. The molecule has 4 aliphatic rings. The maximum absolute atomic E-state index is 12.8. The number of aliphatic hydroxyl groups is 2. The second-order valence-corrected chi connectivity index (χ2v) is 10.4. The number of benzene rings is 2. The first-order chi connectivity index (χ1) is 17.8. The Balaban J connectivity index is 1.19. The van der Waals surface area contributed by atoms with Gasteiger partial charge in [-0.05, 0) is 49.7 Å². The molecule has 2 aromatic carbocycles. The molecule has 2 aliphatic carbocycles. The molecule has 1 saturated heterocycles. The van der Waals surface area contributed by atoms with Gasteiger partial charge in [0.05, 0.1) is 17.4 Å². The number of rotatable bonds is 6. The molecular formula is C28H30N2O7. The third kappa shape index (κ3) is 3.41. The van der Waals surface area contributed by atoms with Crippen LogP contribution in [0.4, 0.5) is 0 Å². The highest BCUT2D eigenvalue weighted by atomic mass is 16.6. The minimum Gasteiger partial charge on any atom is -0.504 e. The van der Waals surface area contributed by atoms with E-state index in [1.54, 1.807) is 42.5 Å². The molecule has 3 unspecified atom stereocenters. The summed E-state index contributed by atoms with van der Waals surface area (Å²) in [5, 5.41) is 35.5. The summed E-state index contributed by atoms with van der Waals surface area (Å²) in [6, 6.07) is 11.9. The Hall–Kier alpha value is -3.40. The van der Waals surface area contributed by atoms with Crippen LogP contribution in [0, 0.1) is 0 Å². The highest BCUT2D eigenvalue weighted by Crippen LogP contribution is 2.65. The van der Waals surface area contributed by atoms with Gasteiger partial charge in [-0.2, -0.15) is 0 Å². The minimum absolute atomic E-state index is 0.00647. The topological polar surface area (TPSA) is 129 Å². The number of likely N-dealkylation sites (N-methyl/N-ethyl adjacent to an activating group) is 1. The van der Waals surface area contributed by atoms with E-state index in [1.807, 2.05) is 13.1 Å². The van der Waals surface area contributed by atoms with Crippen LogP contribution in [0.5, 0.6) is 11.5 Å². The predicted octanol–water partition coefficient (Wildman–Crippen LogP) is 1.45. The number of phenols is 1. The van der Waals surface area contributed by atoms with Gasteiger partial charge in [0.1, 0.15) is 5.76 Å². The van der Waals surface area contributed by atoms with Crippen molar-refractivity contribution in [3.8, 4) is 11.5 Å². The lowest BCUT2D eigenvalue weighted by Gasteiger charge is -2.61. The number of aliphatic hydroxyl groups excluding tert-OH is 1. The lowest BCUT2D eigenvalue weighted by atomic mass is 9.50. The van der Waals surface area contributed by atoms with Gasteiger partial charge in [-0.15, -0.1) is 0 Å². The number of carbonyl (C=O) groups is 2. The fourth-order valence-electron chi connectivity index (χ4n) is 6.79. The van der Waals surface area contributed by atoms with E-state index in [4.69, 9.17) is 9.47 Å². The van der Waals surface area contributed by atoms with Crippen LogP contribution in [0.3, 0.4) is 0 Å². The molecule has 5 atom stereocenters. The molecule has 9 heteroatoms. The van der Waals surface area contributed by atoms with Gasteiger partial charge in [-0.3, -0.25) is 9.59 Å². The molecular weight excluding hydrogens is 476 g/mol. The molecule has 1 amide bonds. The van der Waals surface area contributed by atoms with Gasteiger partial charge in [0.2, 0.25) is 0 Å². The van der Waals surface area contributed by atoms with E-state index >= 15 is 0 Å². The van der Waals surface area contributed by atoms with E-state index in [0.717, 1.165) is 17.7 Å². The van der Waals surface area contributed by atoms with Crippen LogP contribution in [-0.4, -0.2) is 70.0 Å². The van der Waals surface area contributed by atoms with Crippen LogP contribution in [0.25, 0.3) is 0 Å². The molecule has 4 N–H and O–H groups in total. The van der Waals surface area contributed by atoms with E-state index in [1.165, 1.54) is 0 Å². The first-order valence-corrected chi connectivity index (χ1v) is 12.6. The van der Waals surface area contributed by atoms with E-state index < -0.39 is 35.1 Å². The van der Waals surface area contributed by atoms with E-state index in [9.17, 15) is 24.9 Å². The lowest BCUT2D eigenvalue weighted by Crippen LogP contribution is -2.74. The van der Waals surface area contributed by atoms with Gasteiger partial charge >= 0.3 is 5.97 Å². The maximum atomic E-state index is 12.8.